The van der Waals surface area contributed by atoms with Crippen LogP contribution in [0.2, 0.25) is 0 Å². The molecule has 2 heterocycles. The van der Waals surface area contributed by atoms with E-state index in [-0.39, 0.29) is 11.9 Å². The van der Waals surface area contributed by atoms with E-state index >= 15 is 0 Å². The van der Waals surface area contributed by atoms with Crippen LogP contribution in [-0.2, 0) is 0 Å². The number of amides is 1. The van der Waals surface area contributed by atoms with Crippen LogP contribution in [0.15, 0.2) is 48.8 Å². The Kier molecular flexibility index (Phi) is 5.50. The first kappa shape index (κ1) is 17.2. The van der Waals surface area contributed by atoms with Gasteiger partial charge < -0.3 is 15.3 Å². The van der Waals surface area contributed by atoms with Crippen LogP contribution in [0.1, 0.15) is 34.8 Å². The van der Waals surface area contributed by atoms with Crippen molar-refractivity contribution >= 4 is 5.91 Å². The van der Waals surface area contributed by atoms with Crippen molar-refractivity contribution < 1.29 is 14.3 Å². The van der Waals surface area contributed by atoms with Gasteiger partial charge in [0.05, 0.1) is 18.7 Å². The summed E-state index contributed by atoms with van der Waals surface area (Å²) in [5, 5.41) is 14.1. The molecule has 1 aliphatic heterocycles. The first-order valence-corrected chi connectivity index (χ1v) is 8.52. The Bertz CT molecular complexity index is 695. The molecule has 6 heteroatoms. The Morgan fingerprint density at radius 2 is 1.84 bits per heavy atom. The lowest BCUT2D eigenvalue weighted by Gasteiger charge is -2.28. The van der Waals surface area contributed by atoms with Crippen molar-refractivity contribution in [3.05, 3.63) is 65.1 Å². The van der Waals surface area contributed by atoms with E-state index < -0.39 is 0 Å². The average Bonchev–Trinajstić information content (AvgIpc) is 3.17. The van der Waals surface area contributed by atoms with Crippen LogP contribution in [0.25, 0.3) is 0 Å². The SMILES string of the molecule is COc1ccc(C(CNC(=O)c2cc[n+]([O-])cc2)N2CCCC2)cc1. The first-order chi connectivity index (χ1) is 12.2. The third-order valence-electron chi connectivity index (χ3n) is 4.60. The highest BCUT2D eigenvalue weighted by molar-refractivity contribution is 5.93. The van der Waals surface area contributed by atoms with Crippen molar-refractivity contribution in [2.45, 2.75) is 18.9 Å². The molecule has 1 amide bonds. The van der Waals surface area contributed by atoms with E-state index in [1.165, 1.54) is 37.4 Å². The lowest BCUT2D eigenvalue weighted by Crippen LogP contribution is -2.37. The molecule has 1 N–H and O–H groups in total. The van der Waals surface area contributed by atoms with Crippen LogP contribution in [0.5, 0.6) is 5.75 Å². The number of likely N-dealkylation sites (tertiary alicyclic amines) is 1. The maximum atomic E-state index is 12.3. The Morgan fingerprint density at radius 1 is 1.20 bits per heavy atom. The molecule has 0 radical (unpaired) electrons. The number of methoxy groups -OCH3 is 1. The van der Waals surface area contributed by atoms with Gasteiger partial charge in [-0.1, -0.05) is 12.1 Å². The van der Waals surface area contributed by atoms with E-state index in [2.05, 4.69) is 22.3 Å². The van der Waals surface area contributed by atoms with E-state index in [0.29, 0.717) is 16.8 Å². The molecular formula is C19H23N3O3. The number of nitrogens with zero attached hydrogens (tertiary/aromatic N) is 2. The Hall–Kier alpha value is -2.60. The van der Waals surface area contributed by atoms with E-state index in [1.807, 2.05) is 12.1 Å². The largest absolute Gasteiger partial charge is 0.619 e. The summed E-state index contributed by atoms with van der Waals surface area (Å²) in [6.07, 6.45) is 5.03. The molecule has 1 atom stereocenters. The van der Waals surface area contributed by atoms with Crippen molar-refractivity contribution in [1.29, 1.82) is 0 Å². The summed E-state index contributed by atoms with van der Waals surface area (Å²) >= 11 is 0. The molecule has 0 saturated carbocycles. The zero-order valence-corrected chi connectivity index (χ0v) is 14.4. The second-order valence-electron chi connectivity index (χ2n) is 6.19. The minimum atomic E-state index is -0.168. The number of rotatable bonds is 6. The highest BCUT2D eigenvalue weighted by Crippen LogP contribution is 2.26. The molecule has 0 spiro atoms. The molecule has 25 heavy (non-hydrogen) atoms. The number of benzene rings is 1. The second-order valence-corrected chi connectivity index (χ2v) is 6.19. The molecular weight excluding hydrogens is 318 g/mol. The predicted molar refractivity (Wildman–Crippen MR) is 94.3 cm³/mol. The molecule has 6 nitrogen and oxygen atoms in total. The fraction of sp³-hybridized carbons (Fsp3) is 0.368. The molecule has 132 valence electrons. The lowest BCUT2D eigenvalue weighted by molar-refractivity contribution is -0.605. The third kappa shape index (κ3) is 4.28. The second kappa shape index (κ2) is 7.98. The molecule has 1 aromatic carbocycles. The van der Waals surface area contributed by atoms with Crippen molar-refractivity contribution in [3.8, 4) is 5.75 Å². The maximum Gasteiger partial charge on any atom is 0.251 e. The molecule has 1 saturated heterocycles. The first-order valence-electron chi connectivity index (χ1n) is 8.52. The summed E-state index contributed by atoms with van der Waals surface area (Å²) in [7, 11) is 1.65. The van der Waals surface area contributed by atoms with Gasteiger partial charge in [0.15, 0.2) is 12.4 Å². The summed E-state index contributed by atoms with van der Waals surface area (Å²) in [4.78, 5) is 14.7. The van der Waals surface area contributed by atoms with Crippen molar-refractivity contribution in [2.75, 3.05) is 26.7 Å². The minimum absolute atomic E-state index is 0.130. The topological polar surface area (TPSA) is 68.5 Å². The van der Waals surface area contributed by atoms with Crippen molar-refractivity contribution in [2.24, 2.45) is 0 Å². The summed E-state index contributed by atoms with van der Waals surface area (Å²) in [5.41, 5.74) is 1.65. The number of carbonyl (C=O) groups is 1. The van der Waals surface area contributed by atoms with Gasteiger partial charge in [0.25, 0.3) is 5.91 Å². The Labute approximate surface area is 147 Å². The molecule has 1 fully saturated rings. The number of pyridine rings is 1. The summed E-state index contributed by atoms with van der Waals surface area (Å²) in [6.45, 7) is 2.60. The molecule has 1 aromatic heterocycles. The van der Waals surface area contributed by atoms with Crippen LogP contribution in [0.4, 0.5) is 0 Å². The summed E-state index contributed by atoms with van der Waals surface area (Å²) < 4.78 is 5.90. The van der Waals surface area contributed by atoms with Gasteiger partial charge in [-0.25, -0.2) is 0 Å². The van der Waals surface area contributed by atoms with E-state index in [9.17, 15) is 10.0 Å². The zero-order valence-electron chi connectivity index (χ0n) is 14.4. The number of hydrogen-bond acceptors (Lipinski definition) is 4. The lowest BCUT2D eigenvalue weighted by atomic mass is 10.0. The molecule has 1 aliphatic rings. The van der Waals surface area contributed by atoms with Gasteiger partial charge in [0.2, 0.25) is 0 Å². The van der Waals surface area contributed by atoms with Gasteiger partial charge in [-0.05, 0) is 43.6 Å². The van der Waals surface area contributed by atoms with Gasteiger partial charge in [0, 0.05) is 18.7 Å². The number of ether oxygens (including phenoxy) is 1. The fourth-order valence-corrected chi connectivity index (χ4v) is 3.19. The van der Waals surface area contributed by atoms with Crippen molar-refractivity contribution in [1.82, 2.24) is 10.2 Å². The van der Waals surface area contributed by atoms with E-state index in [4.69, 9.17) is 4.74 Å². The standard InChI is InChI=1S/C19H23N3O3/c1-25-17-6-4-15(5-7-17)18(21-10-2-3-11-21)14-20-19(23)16-8-12-22(24)13-9-16/h4-9,12-13,18H,2-3,10-11,14H2,1H3,(H,20,23). The molecule has 1 unspecified atom stereocenters. The number of nitrogens with one attached hydrogen (secondary N) is 1. The predicted octanol–water partition coefficient (Wildman–Crippen LogP) is 1.90. The molecule has 0 bridgehead atoms. The van der Waals surface area contributed by atoms with Gasteiger partial charge in [-0.3, -0.25) is 9.69 Å². The number of carbonyl (C=O) groups excluding carboxylic acids is 1. The normalized spacial score (nSPS) is 15.7. The quantitative estimate of drug-likeness (QED) is 0.644. The van der Waals surface area contributed by atoms with Gasteiger partial charge in [-0.2, -0.15) is 4.73 Å². The van der Waals surface area contributed by atoms with Gasteiger partial charge in [-0.15, -0.1) is 0 Å². The Balaban J connectivity index is 1.70. The van der Waals surface area contributed by atoms with Gasteiger partial charge in [0.1, 0.15) is 5.75 Å². The minimum Gasteiger partial charge on any atom is -0.619 e. The molecule has 0 aliphatic carbocycles. The number of hydrogen-bond donors (Lipinski definition) is 1. The smallest absolute Gasteiger partial charge is 0.251 e. The van der Waals surface area contributed by atoms with Crippen LogP contribution in [-0.4, -0.2) is 37.6 Å². The maximum absolute atomic E-state index is 12.3. The van der Waals surface area contributed by atoms with Crippen LogP contribution >= 0.6 is 0 Å². The monoisotopic (exact) mass is 341 g/mol. The van der Waals surface area contributed by atoms with Crippen LogP contribution in [0, 0.1) is 5.21 Å². The molecule has 3 rings (SSSR count). The van der Waals surface area contributed by atoms with E-state index in [0.717, 1.165) is 24.4 Å². The Morgan fingerprint density at radius 3 is 2.44 bits per heavy atom. The molecule has 2 aromatic rings. The van der Waals surface area contributed by atoms with E-state index in [1.54, 1.807) is 7.11 Å². The fourth-order valence-electron chi connectivity index (χ4n) is 3.19. The van der Waals surface area contributed by atoms with Crippen LogP contribution in [0.3, 0.4) is 0 Å². The van der Waals surface area contributed by atoms with Gasteiger partial charge >= 0.3 is 0 Å². The highest BCUT2D eigenvalue weighted by Gasteiger charge is 2.24. The third-order valence-corrected chi connectivity index (χ3v) is 4.60. The summed E-state index contributed by atoms with van der Waals surface area (Å²) in [5.74, 6) is 0.654. The van der Waals surface area contributed by atoms with Crippen LogP contribution < -0.4 is 14.8 Å². The zero-order chi connectivity index (χ0) is 17.6. The summed E-state index contributed by atoms with van der Waals surface area (Å²) in [6, 6.07) is 11.2. The average molecular weight is 341 g/mol. The highest BCUT2D eigenvalue weighted by atomic mass is 16.5. The number of aromatic nitrogens is 1. The van der Waals surface area contributed by atoms with Crippen molar-refractivity contribution in [3.63, 3.8) is 0 Å².